The molecule has 0 saturated carbocycles. The van der Waals surface area contributed by atoms with Crippen molar-refractivity contribution in [1.29, 1.82) is 0 Å². The summed E-state index contributed by atoms with van der Waals surface area (Å²) >= 11 is 0. The molecule has 2 aromatic rings. The van der Waals surface area contributed by atoms with Gasteiger partial charge < -0.3 is 0 Å². The second-order valence-corrected chi connectivity index (χ2v) is 18.4. The van der Waals surface area contributed by atoms with Crippen molar-refractivity contribution in [2.24, 2.45) is 0 Å². The summed E-state index contributed by atoms with van der Waals surface area (Å²) in [5, 5.41) is 4.74. The zero-order valence-corrected chi connectivity index (χ0v) is 17.3. The first kappa shape index (κ1) is 16.7. The van der Waals surface area contributed by atoms with E-state index >= 15 is 0 Å². The molecule has 0 aliphatic carbocycles. The number of hydrogen-bond donors (Lipinski definition) is 0. The Hall–Kier alpha value is -0.696. The van der Waals surface area contributed by atoms with Gasteiger partial charge in [0.15, 0.2) is 0 Å². The molecule has 0 saturated heterocycles. The Morgan fingerprint density at radius 3 is 1.76 bits per heavy atom. The molecule has 0 spiro atoms. The van der Waals surface area contributed by atoms with Crippen molar-refractivity contribution in [2.45, 2.75) is 39.3 Å². The molecule has 1 unspecified atom stereocenters. The topological polar surface area (TPSA) is 0 Å². The second-order valence-electron chi connectivity index (χ2n) is 7.82. The smallest absolute Gasteiger partial charge is 0.0782 e. The van der Waals surface area contributed by atoms with Crippen LogP contribution in [0.15, 0.2) is 42.5 Å². The molecule has 0 radical (unpaired) electrons. The Bertz CT molecular complexity index is 635. The highest BCUT2D eigenvalue weighted by Gasteiger charge is 2.30. The van der Waals surface area contributed by atoms with Crippen molar-refractivity contribution in [3.63, 3.8) is 0 Å². The van der Waals surface area contributed by atoms with E-state index in [0.717, 1.165) is 0 Å². The van der Waals surface area contributed by atoms with E-state index in [1.807, 2.05) is 0 Å². The molecule has 0 heterocycles. The SMILES string of the molecule is C[Si](C)(C)c1ccc(-c2ccccc2)c(P)c1[Si](C)(C)C. The molecule has 21 heavy (non-hydrogen) atoms. The van der Waals surface area contributed by atoms with E-state index in [-0.39, 0.29) is 0 Å². The molecule has 0 bridgehead atoms. The Morgan fingerprint density at radius 2 is 1.29 bits per heavy atom. The third kappa shape index (κ3) is 3.56. The molecule has 2 aromatic carbocycles. The van der Waals surface area contributed by atoms with Crippen molar-refractivity contribution in [3.8, 4) is 11.1 Å². The fraction of sp³-hybridized carbons (Fsp3) is 0.333. The first-order valence-electron chi connectivity index (χ1n) is 7.61. The maximum absolute atomic E-state index is 3.05. The van der Waals surface area contributed by atoms with Crippen molar-refractivity contribution in [3.05, 3.63) is 42.5 Å². The van der Waals surface area contributed by atoms with Crippen LogP contribution in [0.25, 0.3) is 11.1 Å². The summed E-state index contributed by atoms with van der Waals surface area (Å²) in [4.78, 5) is 0. The fourth-order valence-corrected chi connectivity index (χ4v) is 10.3. The van der Waals surface area contributed by atoms with Crippen LogP contribution in [-0.2, 0) is 0 Å². The molecule has 0 aromatic heterocycles. The molecular weight excluding hydrogens is 303 g/mol. The summed E-state index contributed by atoms with van der Waals surface area (Å²) in [6.07, 6.45) is 0. The zero-order valence-electron chi connectivity index (χ0n) is 14.1. The molecule has 3 heteroatoms. The van der Waals surface area contributed by atoms with Gasteiger partial charge in [0.25, 0.3) is 0 Å². The Kier molecular flexibility index (Phi) is 4.63. The van der Waals surface area contributed by atoms with Gasteiger partial charge in [0, 0.05) is 0 Å². The number of benzene rings is 2. The predicted molar refractivity (Wildman–Crippen MR) is 107 cm³/mol. The average molecular weight is 331 g/mol. The highest BCUT2D eigenvalue weighted by molar-refractivity contribution is 7.30. The lowest BCUT2D eigenvalue weighted by atomic mass is 10.1. The minimum absolute atomic E-state index is 1.32. The van der Waals surface area contributed by atoms with Crippen molar-refractivity contribution in [2.75, 3.05) is 0 Å². The van der Waals surface area contributed by atoms with Gasteiger partial charge in [-0.05, 0) is 16.4 Å². The minimum atomic E-state index is -1.38. The summed E-state index contributed by atoms with van der Waals surface area (Å²) in [5.41, 5.74) is 2.70. The van der Waals surface area contributed by atoms with Crippen molar-refractivity contribution in [1.82, 2.24) is 0 Å². The van der Waals surface area contributed by atoms with Gasteiger partial charge in [-0.3, -0.25) is 0 Å². The van der Waals surface area contributed by atoms with Gasteiger partial charge >= 0.3 is 0 Å². The maximum atomic E-state index is 3.05. The summed E-state index contributed by atoms with van der Waals surface area (Å²) < 4.78 is 0. The zero-order chi connectivity index (χ0) is 15.8. The predicted octanol–water partition coefficient (Wildman–Crippen LogP) is 3.94. The van der Waals surface area contributed by atoms with E-state index < -0.39 is 16.1 Å². The van der Waals surface area contributed by atoms with E-state index in [1.165, 1.54) is 16.4 Å². The molecule has 0 aliphatic rings. The molecule has 112 valence electrons. The quantitative estimate of drug-likeness (QED) is 0.590. The Morgan fingerprint density at radius 1 is 0.714 bits per heavy atom. The van der Waals surface area contributed by atoms with E-state index in [2.05, 4.69) is 91.0 Å². The van der Waals surface area contributed by atoms with E-state index in [0.29, 0.717) is 0 Å². The lowest BCUT2D eigenvalue weighted by Crippen LogP contribution is -2.60. The Balaban J connectivity index is 2.75. The van der Waals surface area contributed by atoms with Gasteiger partial charge in [0.05, 0.1) is 16.1 Å². The summed E-state index contributed by atoms with van der Waals surface area (Å²) in [7, 11) is 0.349. The van der Waals surface area contributed by atoms with Gasteiger partial charge in [0.1, 0.15) is 0 Å². The molecule has 0 nitrogen and oxygen atoms in total. The van der Waals surface area contributed by atoms with Gasteiger partial charge in [0.2, 0.25) is 0 Å². The van der Waals surface area contributed by atoms with E-state index in [4.69, 9.17) is 0 Å². The first-order chi connectivity index (χ1) is 9.62. The first-order valence-corrected chi connectivity index (χ1v) is 15.2. The van der Waals surface area contributed by atoms with Gasteiger partial charge in [-0.25, -0.2) is 0 Å². The third-order valence-corrected chi connectivity index (χ3v) is 9.10. The highest BCUT2D eigenvalue weighted by Crippen LogP contribution is 2.20. The third-order valence-electron chi connectivity index (χ3n) is 3.89. The normalized spacial score (nSPS) is 12.5. The summed E-state index contributed by atoms with van der Waals surface area (Å²) in [6.45, 7) is 14.8. The summed E-state index contributed by atoms with van der Waals surface area (Å²) in [6, 6.07) is 15.5. The van der Waals surface area contributed by atoms with Crippen LogP contribution in [0.3, 0.4) is 0 Å². The van der Waals surface area contributed by atoms with Crippen LogP contribution in [0.2, 0.25) is 39.3 Å². The van der Waals surface area contributed by atoms with Gasteiger partial charge in [-0.1, -0.05) is 92.1 Å². The maximum Gasteiger partial charge on any atom is 0.0782 e. The van der Waals surface area contributed by atoms with Gasteiger partial charge in [-0.2, -0.15) is 0 Å². The van der Waals surface area contributed by atoms with Crippen LogP contribution in [0.5, 0.6) is 0 Å². The summed E-state index contributed by atoms with van der Waals surface area (Å²) in [5.74, 6) is 0. The fourth-order valence-electron chi connectivity index (χ4n) is 2.92. The molecule has 0 amide bonds. The van der Waals surface area contributed by atoms with Crippen LogP contribution in [0, 0.1) is 0 Å². The van der Waals surface area contributed by atoms with Crippen molar-refractivity contribution >= 4 is 41.1 Å². The molecule has 0 N–H and O–H groups in total. The van der Waals surface area contributed by atoms with Crippen molar-refractivity contribution < 1.29 is 0 Å². The van der Waals surface area contributed by atoms with Crippen LogP contribution in [0.4, 0.5) is 0 Å². The minimum Gasteiger partial charge on any atom is -0.105 e. The lowest BCUT2D eigenvalue weighted by Gasteiger charge is -2.31. The monoisotopic (exact) mass is 330 g/mol. The second kappa shape index (κ2) is 5.83. The Labute approximate surface area is 134 Å². The van der Waals surface area contributed by atoms with Crippen LogP contribution < -0.4 is 15.7 Å². The molecule has 1 atom stereocenters. The largest absolute Gasteiger partial charge is 0.105 e. The highest BCUT2D eigenvalue weighted by atomic mass is 31.0. The molecule has 0 fully saturated rings. The standard InChI is InChI=1S/C18H27PSi2/c1-20(2,3)16-13-12-15(14-10-8-7-9-11-14)17(19)18(16)21(4,5)6/h7-13H,19H2,1-6H3. The lowest BCUT2D eigenvalue weighted by molar-refractivity contribution is 1.64. The van der Waals surface area contributed by atoms with Gasteiger partial charge in [-0.15, -0.1) is 9.24 Å². The van der Waals surface area contributed by atoms with E-state index in [1.54, 1.807) is 10.4 Å². The molecule has 0 aliphatic heterocycles. The van der Waals surface area contributed by atoms with Crippen LogP contribution in [-0.4, -0.2) is 16.1 Å². The number of hydrogen-bond acceptors (Lipinski definition) is 0. The van der Waals surface area contributed by atoms with Crippen LogP contribution in [0.1, 0.15) is 0 Å². The number of rotatable bonds is 3. The van der Waals surface area contributed by atoms with E-state index in [9.17, 15) is 0 Å². The molecular formula is C18H27PSi2. The average Bonchev–Trinajstić information content (AvgIpc) is 2.36. The van der Waals surface area contributed by atoms with Crippen LogP contribution >= 0.6 is 9.24 Å². The molecule has 2 rings (SSSR count).